The van der Waals surface area contributed by atoms with Crippen molar-refractivity contribution in [2.75, 3.05) is 13.1 Å². The maximum absolute atomic E-state index is 6.01. The Morgan fingerprint density at radius 1 is 1.50 bits per heavy atom. The molecule has 2 nitrogen and oxygen atoms in total. The Labute approximate surface area is 102 Å². The summed E-state index contributed by atoms with van der Waals surface area (Å²) in [6.07, 6.45) is 2.35. The maximum atomic E-state index is 6.01. The van der Waals surface area contributed by atoms with Crippen LogP contribution in [0.25, 0.3) is 0 Å². The Morgan fingerprint density at radius 2 is 2.31 bits per heavy atom. The first kappa shape index (κ1) is 11.9. The van der Waals surface area contributed by atoms with Crippen LogP contribution in [0.5, 0.6) is 0 Å². The smallest absolute Gasteiger partial charge is 0.0409 e. The second-order valence-corrected chi connectivity index (χ2v) is 5.06. The average Bonchev–Trinajstić information content (AvgIpc) is 2.28. The molecule has 0 saturated carbocycles. The predicted molar refractivity (Wildman–Crippen MR) is 68.6 cm³/mol. The van der Waals surface area contributed by atoms with Gasteiger partial charge in [0.15, 0.2) is 0 Å². The van der Waals surface area contributed by atoms with Gasteiger partial charge >= 0.3 is 0 Å². The van der Waals surface area contributed by atoms with E-state index in [4.69, 9.17) is 17.3 Å². The average molecular weight is 239 g/mol. The van der Waals surface area contributed by atoms with Crippen molar-refractivity contribution in [1.29, 1.82) is 0 Å². The van der Waals surface area contributed by atoms with E-state index in [1.54, 1.807) is 0 Å². The van der Waals surface area contributed by atoms with Crippen LogP contribution in [0.3, 0.4) is 0 Å². The minimum Gasteiger partial charge on any atom is -0.327 e. The van der Waals surface area contributed by atoms with E-state index in [1.807, 2.05) is 18.2 Å². The van der Waals surface area contributed by atoms with Crippen molar-refractivity contribution in [1.82, 2.24) is 4.90 Å². The fourth-order valence-electron chi connectivity index (χ4n) is 2.37. The molecule has 88 valence electrons. The monoisotopic (exact) mass is 238 g/mol. The van der Waals surface area contributed by atoms with E-state index in [-0.39, 0.29) is 0 Å². The highest BCUT2D eigenvalue weighted by Gasteiger charge is 2.22. The standard InChI is InChI=1S/C13H19ClN2/c1-10(11-4-2-5-12(14)8-11)16-7-3-6-13(15)9-16/h2,4-5,8,10,13H,3,6-7,9,15H2,1H3/t10-,13+/m0/s1. The van der Waals surface area contributed by atoms with Crippen LogP contribution in [0, 0.1) is 0 Å². The molecule has 0 aromatic heterocycles. The lowest BCUT2D eigenvalue weighted by Gasteiger charge is -2.35. The van der Waals surface area contributed by atoms with Gasteiger partial charge in [0.1, 0.15) is 0 Å². The van der Waals surface area contributed by atoms with Gasteiger partial charge in [-0.1, -0.05) is 23.7 Å². The molecule has 1 saturated heterocycles. The molecule has 1 aromatic carbocycles. The van der Waals surface area contributed by atoms with Gasteiger partial charge in [0.25, 0.3) is 0 Å². The molecule has 1 fully saturated rings. The number of nitrogens with zero attached hydrogens (tertiary/aromatic N) is 1. The minimum atomic E-state index is 0.329. The minimum absolute atomic E-state index is 0.329. The van der Waals surface area contributed by atoms with E-state index in [0.717, 1.165) is 24.5 Å². The summed E-state index contributed by atoms with van der Waals surface area (Å²) in [7, 11) is 0. The Balaban J connectivity index is 2.09. The van der Waals surface area contributed by atoms with Crippen molar-refractivity contribution in [3.05, 3.63) is 34.9 Å². The zero-order valence-electron chi connectivity index (χ0n) is 9.70. The number of piperidine rings is 1. The highest BCUT2D eigenvalue weighted by atomic mass is 35.5. The van der Waals surface area contributed by atoms with Gasteiger partial charge in [0.05, 0.1) is 0 Å². The largest absolute Gasteiger partial charge is 0.327 e. The van der Waals surface area contributed by atoms with E-state index in [9.17, 15) is 0 Å². The van der Waals surface area contributed by atoms with Gasteiger partial charge in [0.2, 0.25) is 0 Å². The zero-order chi connectivity index (χ0) is 11.5. The van der Waals surface area contributed by atoms with E-state index in [2.05, 4.69) is 17.9 Å². The van der Waals surface area contributed by atoms with Gasteiger partial charge < -0.3 is 5.73 Å². The fraction of sp³-hybridized carbons (Fsp3) is 0.538. The quantitative estimate of drug-likeness (QED) is 0.859. The molecule has 3 heteroatoms. The molecular weight excluding hydrogens is 220 g/mol. The molecule has 1 heterocycles. The molecule has 0 amide bonds. The summed E-state index contributed by atoms with van der Waals surface area (Å²) in [5, 5.41) is 0.811. The van der Waals surface area contributed by atoms with Crippen LogP contribution >= 0.6 is 11.6 Å². The fourth-order valence-corrected chi connectivity index (χ4v) is 2.57. The third-order valence-corrected chi connectivity index (χ3v) is 3.60. The number of benzene rings is 1. The van der Waals surface area contributed by atoms with E-state index < -0.39 is 0 Å². The number of nitrogens with two attached hydrogens (primary N) is 1. The van der Waals surface area contributed by atoms with Gasteiger partial charge in [-0.15, -0.1) is 0 Å². The normalized spacial score (nSPS) is 24.3. The second kappa shape index (κ2) is 5.17. The van der Waals surface area contributed by atoms with Gasteiger partial charge in [-0.05, 0) is 44.0 Å². The number of likely N-dealkylation sites (tertiary alicyclic amines) is 1. The van der Waals surface area contributed by atoms with Crippen LogP contribution in [-0.4, -0.2) is 24.0 Å². The van der Waals surface area contributed by atoms with Crippen LogP contribution in [0.2, 0.25) is 5.02 Å². The molecule has 2 rings (SSSR count). The summed E-state index contributed by atoms with van der Waals surface area (Å²) in [4.78, 5) is 2.44. The van der Waals surface area contributed by atoms with Crippen LogP contribution in [-0.2, 0) is 0 Å². The van der Waals surface area contributed by atoms with Crippen LogP contribution in [0.1, 0.15) is 31.4 Å². The number of hydrogen-bond acceptors (Lipinski definition) is 2. The predicted octanol–water partition coefficient (Wildman–Crippen LogP) is 2.82. The molecular formula is C13H19ClN2. The van der Waals surface area contributed by atoms with Gasteiger partial charge in [-0.3, -0.25) is 4.90 Å². The van der Waals surface area contributed by atoms with Crippen LogP contribution in [0.15, 0.2) is 24.3 Å². The van der Waals surface area contributed by atoms with Crippen molar-refractivity contribution >= 4 is 11.6 Å². The van der Waals surface area contributed by atoms with E-state index >= 15 is 0 Å². The lowest BCUT2D eigenvalue weighted by Crippen LogP contribution is -2.43. The molecule has 0 radical (unpaired) electrons. The Morgan fingerprint density at radius 3 is 3.00 bits per heavy atom. The second-order valence-electron chi connectivity index (χ2n) is 4.63. The summed E-state index contributed by atoms with van der Waals surface area (Å²) in [6.45, 7) is 4.36. The van der Waals surface area contributed by atoms with Crippen molar-refractivity contribution in [3.63, 3.8) is 0 Å². The van der Waals surface area contributed by atoms with Crippen LogP contribution < -0.4 is 5.73 Å². The number of hydrogen-bond donors (Lipinski definition) is 1. The summed E-state index contributed by atoms with van der Waals surface area (Å²) in [5.41, 5.74) is 7.28. The van der Waals surface area contributed by atoms with E-state index in [1.165, 1.54) is 12.0 Å². The van der Waals surface area contributed by atoms with Gasteiger partial charge in [-0.25, -0.2) is 0 Å². The SMILES string of the molecule is C[C@@H](c1cccc(Cl)c1)N1CCC[C@@H](N)C1. The Hall–Kier alpha value is -0.570. The third-order valence-electron chi connectivity index (χ3n) is 3.37. The molecule has 2 atom stereocenters. The summed E-state index contributed by atoms with van der Waals surface area (Å²) in [6, 6.07) is 8.85. The lowest BCUT2D eigenvalue weighted by molar-refractivity contribution is 0.159. The molecule has 1 aliphatic heterocycles. The maximum Gasteiger partial charge on any atom is 0.0409 e. The van der Waals surface area contributed by atoms with Gasteiger partial charge in [-0.2, -0.15) is 0 Å². The number of rotatable bonds is 2. The number of halogens is 1. The van der Waals surface area contributed by atoms with Crippen molar-refractivity contribution < 1.29 is 0 Å². The van der Waals surface area contributed by atoms with Crippen molar-refractivity contribution in [2.24, 2.45) is 5.73 Å². The Bertz CT molecular complexity index is 354. The van der Waals surface area contributed by atoms with Gasteiger partial charge in [0, 0.05) is 23.7 Å². The van der Waals surface area contributed by atoms with Crippen molar-refractivity contribution in [3.8, 4) is 0 Å². The summed E-state index contributed by atoms with van der Waals surface area (Å²) in [5.74, 6) is 0. The first-order valence-electron chi connectivity index (χ1n) is 5.92. The Kier molecular flexibility index (Phi) is 3.85. The molecule has 0 spiro atoms. The molecule has 0 bridgehead atoms. The summed E-state index contributed by atoms with van der Waals surface area (Å²) < 4.78 is 0. The third kappa shape index (κ3) is 2.76. The highest BCUT2D eigenvalue weighted by molar-refractivity contribution is 6.30. The molecule has 0 unspecified atom stereocenters. The molecule has 1 aromatic rings. The van der Waals surface area contributed by atoms with E-state index in [0.29, 0.717) is 12.1 Å². The lowest BCUT2D eigenvalue weighted by atomic mass is 10.0. The molecule has 0 aliphatic carbocycles. The zero-order valence-corrected chi connectivity index (χ0v) is 10.5. The first-order valence-corrected chi connectivity index (χ1v) is 6.29. The topological polar surface area (TPSA) is 29.3 Å². The molecule has 16 heavy (non-hydrogen) atoms. The summed E-state index contributed by atoms with van der Waals surface area (Å²) >= 11 is 6.01. The highest BCUT2D eigenvalue weighted by Crippen LogP contribution is 2.25. The first-order chi connectivity index (χ1) is 7.66. The van der Waals surface area contributed by atoms with Crippen molar-refractivity contribution in [2.45, 2.75) is 31.8 Å². The molecule has 1 aliphatic rings. The molecule has 2 N–H and O–H groups in total. The van der Waals surface area contributed by atoms with Crippen LogP contribution in [0.4, 0.5) is 0 Å².